The summed E-state index contributed by atoms with van der Waals surface area (Å²) in [5.74, 6) is 2.02. The van der Waals surface area contributed by atoms with E-state index in [-0.39, 0.29) is 12.1 Å². The molecule has 1 saturated heterocycles. The van der Waals surface area contributed by atoms with Crippen LogP contribution >= 0.6 is 0 Å². The van der Waals surface area contributed by atoms with Crippen molar-refractivity contribution in [2.45, 2.75) is 19.1 Å². The normalized spacial score (nSPS) is 23.7. The number of hydrogen-bond acceptors (Lipinski definition) is 6. The zero-order valence-corrected chi connectivity index (χ0v) is 10.4. The molecule has 1 aliphatic rings. The third-order valence-corrected chi connectivity index (χ3v) is 2.82. The lowest BCUT2D eigenvalue weighted by molar-refractivity contribution is 0.111. The topological polar surface area (TPSA) is 68.3 Å². The summed E-state index contributed by atoms with van der Waals surface area (Å²) < 4.78 is 10.5. The Morgan fingerprint density at radius 3 is 2.88 bits per heavy atom. The fraction of sp³-hybridized carbons (Fsp3) is 0.636. The minimum absolute atomic E-state index is 0.163. The average Bonchev–Trinajstić information content (AvgIpc) is 2.75. The first-order chi connectivity index (χ1) is 8.22. The second-order valence-corrected chi connectivity index (χ2v) is 4.03. The van der Waals surface area contributed by atoms with Gasteiger partial charge in [0.05, 0.1) is 19.3 Å². The monoisotopic (exact) mass is 238 g/mol. The van der Waals surface area contributed by atoms with E-state index in [1.165, 1.54) is 0 Å². The number of aromatic nitrogens is 2. The van der Waals surface area contributed by atoms with Crippen LogP contribution in [0.15, 0.2) is 6.07 Å². The minimum atomic E-state index is 0.163. The first-order valence-corrected chi connectivity index (χ1v) is 5.62. The van der Waals surface area contributed by atoms with Crippen LogP contribution in [-0.4, -0.2) is 49.4 Å². The number of nitrogens with one attached hydrogen (secondary N) is 2. The van der Waals surface area contributed by atoms with E-state index in [9.17, 15) is 0 Å². The molecule has 0 radical (unpaired) electrons. The van der Waals surface area contributed by atoms with E-state index in [0.29, 0.717) is 11.7 Å². The molecule has 0 aromatic carbocycles. The summed E-state index contributed by atoms with van der Waals surface area (Å²) in [5, 5.41) is 6.61. The van der Waals surface area contributed by atoms with Crippen molar-refractivity contribution in [3.8, 4) is 5.88 Å². The molecule has 6 heteroatoms. The van der Waals surface area contributed by atoms with Crippen LogP contribution in [-0.2, 0) is 4.74 Å². The molecule has 1 fully saturated rings. The van der Waals surface area contributed by atoms with E-state index in [1.807, 2.05) is 6.92 Å². The van der Waals surface area contributed by atoms with Gasteiger partial charge in [-0.3, -0.25) is 0 Å². The van der Waals surface area contributed by atoms with Crippen LogP contribution in [0.4, 0.5) is 5.82 Å². The summed E-state index contributed by atoms with van der Waals surface area (Å²) >= 11 is 0. The van der Waals surface area contributed by atoms with Gasteiger partial charge >= 0.3 is 0 Å². The second-order valence-electron chi connectivity index (χ2n) is 4.03. The fourth-order valence-electron chi connectivity index (χ4n) is 1.96. The van der Waals surface area contributed by atoms with Crippen LogP contribution in [0.5, 0.6) is 5.88 Å². The van der Waals surface area contributed by atoms with Gasteiger partial charge in [-0.1, -0.05) is 0 Å². The van der Waals surface area contributed by atoms with Crippen molar-refractivity contribution in [3.05, 3.63) is 11.9 Å². The van der Waals surface area contributed by atoms with Crippen LogP contribution < -0.4 is 15.4 Å². The Labute approximate surface area is 101 Å². The summed E-state index contributed by atoms with van der Waals surface area (Å²) in [6, 6.07) is 2.01. The van der Waals surface area contributed by atoms with Crippen molar-refractivity contribution in [1.29, 1.82) is 0 Å². The Kier molecular flexibility index (Phi) is 3.75. The van der Waals surface area contributed by atoms with Crippen LogP contribution in [0.3, 0.4) is 0 Å². The number of methoxy groups -OCH3 is 2. The SMILES string of the molecule is COc1cc(NC2CNC[C@@H]2OC)nc(C)n1. The van der Waals surface area contributed by atoms with Gasteiger partial charge in [0.15, 0.2) is 0 Å². The van der Waals surface area contributed by atoms with Crippen molar-refractivity contribution in [2.75, 3.05) is 32.6 Å². The molecule has 0 aliphatic carbocycles. The Bertz CT molecular complexity index is 386. The molecule has 2 heterocycles. The molecule has 1 unspecified atom stereocenters. The first kappa shape index (κ1) is 12.1. The first-order valence-electron chi connectivity index (χ1n) is 5.62. The summed E-state index contributed by atoms with van der Waals surface area (Å²) in [7, 11) is 3.32. The number of nitrogens with zero attached hydrogens (tertiary/aromatic N) is 2. The van der Waals surface area contributed by atoms with Gasteiger partial charge in [0.25, 0.3) is 0 Å². The smallest absolute Gasteiger partial charge is 0.218 e. The molecule has 0 spiro atoms. The molecular formula is C11H18N4O2. The van der Waals surface area contributed by atoms with Gasteiger partial charge in [-0.2, -0.15) is 4.98 Å². The van der Waals surface area contributed by atoms with Crippen molar-refractivity contribution >= 4 is 5.82 Å². The molecule has 94 valence electrons. The molecule has 2 rings (SSSR count). The van der Waals surface area contributed by atoms with Crippen LogP contribution in [0.1, 0.15) is 5.82 Å². The minimum Gasteiger partial charge on any atom is -0.481 e. The Hall–Kier alpha value is -1.40. The summed E-state index contributed by atoms with van der Waals surface area (Å²) in [5.41, 5.74) is 0. The van der Waals surface area contributed by atoms with E-state index in [4.69, 9.17) is 9.47 Å². The van der Waals surface area contributed by atoms with Gasteiger partial charge in [0.1, 0.15) is 11.6 Å². The summed E-state index contributed by atoms with van der Waals surface area (Å²) in [4.78, 5) is 8.47. The van der Waals surface area contributed by atoms with E-state index < -0.39 is 0 Å². The largest absolute Gasteiger partial charge is 0.481 e. The summed E-state index contributed by atoms with van der Waals surface area (Å²) in [6.45, 7) is 3.56. The highest BCUT2D eigenvalue weighted by molar-refractivity contribution is 5.40. The van der Waals surface area contributed by atoms with E-state index >= 15 is 0 Å². The van der Waals surface area contributed by atoms with E-state index in [2.05, 4.69) is 20.6 Å². The fourth-order valence-corrected chi connectivity index (χ4v) is 1.96. The van der Waals surface area contributed by atoms with Gasteiger partial charge in [-0.15, -0.1) is 0 Å². The Morgan fingerprint density at radius 2 is 2.18 bits per heavy atom. The predicted octanol–water partition coefficient (Wildman–Crippen LogP) is 0.192. The molecule has 2 atom stereocenters. The van der Waals surface area contributed by atoms with Gasteiger partial charge < -0.3 is 20.1 Å². The highest BCUT2D eigenvalue weighted by Crippen LogP contribution is 2.16. The zero-order valence-electron chi connectivity index (χ0n) is 10.4. The average molecular weight is 238 g/mol. The van der Waals surface area contributed by atoms with Gasteiger partial charge in [0.2, 0.25) is 5.88 Å². The Balaban J connectivity index is 2.09. The van der Waals surface area contributed by atoms with Crippen LogP contribution in [0, 0.1) is 6.92 Å². The van der Waals surface area contributed by atoms with Crippen LogP contribution in [0.25, 0.3) is 0 Å². The molecule has 0 amide bonds. The molecule has 0 saturated carbocycles. The number of aryl methyl sites for hydroxylation is 1. The predicted molar refractivity (Wildman–Crippen MR) is 64.4 cm³/mol. The molecule has 1 aliphatic heterocycles. The molecule has 0 bridgehead atoms. The molecule has 2 N–H and O–H groups in total. The number of rotatable bonds is 4. The number of hydrogen-bond donors (Lipinski definition) is 2. The standard InChI is InChI=1S/C11H18N4O2/c1-7-13-10(4-11(14-7)17-3)15-8-5-12-6-9(8)16-2/h4,8-9,12H,5-6H2,1-3H3,(H,13,14,15)/t8?,9-/m0/s1. The number of anilines is 1. The van der Waals surface area contributed by atoms with Crippen molar-refractivity contribution in [3.63, 3.8) is 0 Å². The van der Waals surface area contributed by atoms with E-state index in [0.717, 1.165) is 18.9 Å². The summed E-state index contributed by atoms with van der Waals surface area (Å²) in [6.07, 6.45) is 0.163. The molecular weight excluding hydrogens is 220 g/mol. The van der Waals surface area contributed by atoms with Gasteiger partial charge in [0, 0.05) is 26.3 Å². The molecule has 6 nitrogen and oxygen atoms in total. The number of ether oxygens (including phenoxy) is 2. The maximum absolute atomic E-state index is 5.38. The van der Waals surface area contributed by atoms with Crippen molar-refractivity contribution in [1.82, 2.24) is 15.3 Å². The maximum Gasteiger partial charge on any atom is 0.218 e. The second kappa shape index (κ2) is 5.29. The van der Waals surface area contributed by atoms with Gasteiger partial charge in [-0.05, 0) is 6.92 Å². The molecule has 17 heavy (non-hydrogen) atoms. The van der Waals surface area contributed by atoms with Gasteiger partial charge in [-0.25, -0.2) is 4.98 Å². The highest BCUT2D eigenvalue weighted by atomic mass is 16.5. The van der Waals surface area contributed by atoms with Crippen molar-refractivity contribution in [2.24, 2.45) is 0 Å². The molecule has 1 aromatic rings. The third-order valence-electron chi connectivity index (χ3n) is 2.82. The maximum atomic E-state index is 5.38. The lowest BCUT2D eigenvalue weighted by Crippen LogP contribution is -2.33. The lowest BCUT2D eigenvalue weighted by Gasteiger charge is -2.19. The highest BCUT2D eigenvalue weighted by Gasteiger charge is 2.27. The molecule has 1 aromatic heterocycles. The van der Waals surface area contributed by atoms with Crippen molar-refractivity contribution < 1.29 is 9.47 Å². The zero-order chi connectivity index (χ0) is 12.3. The third kappa shape index (κ3) is 2.83. The lowest BCUT2D eigenvalue weighted by atomic mass is 10.2. The quantitative estimate of drug-likeness (QED) is 0.780. The Morgan fingerprint density at radius 1 is 1.35 bits per heavy atom. The van der Waals surface area contributed by atoms with Crippen LogP contribution in [0.2, 0.25) is 0 Å². The van der Waals surface area contributed by atoms with E-state index in [1.54, 1.807) is 20.3 Å².